The van der Waals surface area contributed by atoms with Crippen LogP contribution in [-0.2, 0) is 9.59 Å². The van der Waals surface area contributed by atoms with Crippen molar-refractivity contribution in [2.75, 3.05) is 19.6 Å². The second-order valence-corrected chi connectivity index (χ2v) is 4.85. The average Bonchev–Trinajstić information content (AvgIpc) is 2.35. The van der Waals surface area contributed by atoms with E-state index in [0.29, 0.717) is 13.1 Å². The highest BCUT2D eigenvalue weighted by Crippen LogP contribution is 2.23. The summed E-state index contributed by atoms with van der Waals surface area (Å²) < 4.78 is 0. The fourth-order valence-electron chi connectivity index (χ4n) is 2.56. The summed E-state index contributed by atoms with van der Waals surface area (Å²) in [5, 5.41) is 8.77. The fraction of sp³-hybridized carbons (Fsp3) is 0.750. The summed E-state index contributed by atoms with van der Waals surface area (Å²) >= 11 is 0. The molecule has 0 aliphatic carbocycles. The summed E-state index contributed by atoms with van der Waals surface area (Å²) in [7, 11) is 0. The number of hydrogen-bond acceptors (Lipinski definition) is 3. The van der Waals surface area contributed by atoms with Crippen LogP contribution in [0.4, 0.5) is 0 Å². The van der Waals surface area contributed by atoms with Crippen molar-refractivity contribution in [3.8, 4) is 6.07 Å². The van der Waals surface area contributed by atoms with Crippen LogP contribution in [0.15, 0.2) is 0 Å². The second kappa shape index (κ2) is 4.74. The molecule has 0 aromatic rings. The van der Waals surface area contributed by atoms with E-state index in [9.17, 15) is 9.59 Å². The van der Waals surface area contributed by atoms with Crippen LogP contribution in [0.25, 0.3) is 0 Å². The minimum absolute atomic E-state index is 0.0198. The maximum Gasteiger partial charge on any atom is 0.245 e. The molecule has 0 saturated carbocycles. The van der Waals surface area contributed by atoms with Crippen LogP contribution in [0.3, 0.4) is 0 Å². The molecule has 17 heavy (non-hydrogen) atoms. The van der Waals surface area contributed by atoms with E-state index < -0.39 is 0 Å². The summed E-state index contributed by atoms with van der Waals surface area (Å²) in [6.07, 6.45) is 2.76. The summed E-state index contributed by atoms with van der Waals surface area (Å²) in [6.45, 7) is 2.98. The van der Waals surface area contributed by atoms with Crippen LogP contribution < -0.4 is 0 Å². The monoisotopic (exact) mass is 235 g/mol. The molecule has 0 bridgehead atoms. The molecule has 2 aliphatic rings. The lowest BCUT2D eigenvalue weighted by atomic mass is 9.98. The summed E-state index contributed by atoms with van der Waals surface area (Å²) in [5.41, 5.74) is 0. The molecule has 2 heterocycles. The van der Waals surface area contributed by atoms with Gasteiger partial charge >= 0.3 is 0 Å². The first-order chi connectivity index (χ1) is 8.13. The highest BCUT2D eigenvalue weighted by atomic mass is 16.2. The van der Waals surface area contributed by atoms with Gasteiger partial charge in [0.15, 0.2) is 0 Å². The molecule has 2 rings (SSSR count). The third-order valence-electron chi connectivity index (χ3n) is 3.46. The van der Waals surface area contributed by atoms with Crippen LogP contribution in [0.1, 0.15) is 26.2 Å². The lowest BCUT2D eigenvalue weighted by molar-refractivity contribution is -0.158. The van der Waals surface area contributed by atoms with Gasteiger partial charge in [0, 0.05) is 13.1 Å². The number of carbonyl (C=O) groups excluding carboxylic acids is 2. The molecule has 92 valence electrons. The smallest absolute Gasteiger partial charge is 0.245 e. The van der Waals surface area contributed by atoms with E-state index in [2.05, 4.69) is 6.07 Å². The van der Waals surface area contributed by atoms with Gasteiger partial charge in [-0.15, -0.1) is 0 Å². The third kappa shape index (κ3) is 2.26. The van der Waals surface area contributed by atoms with Gasteiger partial charge in [0.1, 0.15) is 6.04 Å². The Labute approximate surface area is 101 Å². The molecule has 0 N–H and O–H groups in total. The van der Waals surface area contributed by atoms with Gasteiger partial charge in [0.25, 0.3) is 0 Å². The highest BCUT2D eigenvalue weighted by molar-refractivity contribution is 5.95. The number of nitrogens with zero attached hydrogens (tertiary/aromatic N) is 3. The Hall–Kier alpha value is -1.57. The van der Waals surface area contributed by atoms with Gasteiger partial charge in [-0.25, -0.2) is 0 Å². The van der Waals surface area contributed by atoms with Crippen LogP contribution in [0, 0.1) is 17.2 Å². The maximum absolute atomic E-state index is 12.2. The van der Waals surface area contributed by atoms with Crippen molar-refractivity contribution >= 4 is 11.8 Å². The molecule has 2 amide bonds. The Bertz CT molecular complexity index is 374. The molecule has 0 radical (unpaired) electrons. The van der Waals surface area contributed by atoms with Crippen molar-refractivity contribution in [1.82, 2.24) is 9.80 Å². The van der Waals surface area contributed by atoms with Crippen molar-refractivity contribution in [2.45, 2.75) is 32.2 Å². The number of amides is 2. The molecule has 5 nitrogen and oxygen atoms in total. The van der Waals surface area contributed by atoms with Crippen LogP contribution >= 0.6 is 0 Å². The first-order valence-electron chi connectivity index (χ1n) is 6.11. The zero-order chi connectivity index (χ0) is 12.4. The summed E-state index contributed by atoms with van der Waals surface area (Å²) in [6, 6.07) is 1.83. The van der Waals surface area contributed by atoms with Gasteiger partial charge in [0.2, 0.25) is 11.8 Å². The largest absolute Gasteiger partial charge is 0.330 e. The zero-order valence-electron chi connectivity index (χ0n) is 10.1. The van der Waals surface area contributed by atoms with Gasteiger partial charge in [-0.2, -0.15) is 5.26 Å². The number of nitriles is 1. The number of carbonyl (C=O) groups is 2. The highest BCUT2D eigenvalue weighted by Gasteiger charge is 2.40. The van der Waals surface area contributed by atoms with Crippen LogP contribution in [-0.4, -0.2) is 47.3 Å². The topological polar surface area (TPSA) is 64.4 Å². The number of piperazine rings is 1. The van der Waals surface area contributed by atoms with E-state index in [4.69, 9.17) is 5.26 Å². The fourth-order valence-corrected chi connectivity index (χ4v) is 2.56. The predicted octanol–water partition coefficient (Wildman–Crippen LogP) is 0.369. The maximum atomic E-state index is 12.2. The molecule has 0 spiro atoms. The second-order valence-electron chi connectivity index (χ2n) is 4.85. The van der Waals surface area contributed by atoms with Gasteiger partial charge in [0.05, 0.1) is 18.5 Å². The van der Waals surface area contributed by atoms with Gasteiger partial charge in [-0.05, 0) is 26.2 Å². The molecular formula is C12H17N3O2. The zero-order valence-corrected chi connectivity index (χ0v) is 10.1. The van der Waals surface area contributed by atoms with Gasteiger partial charge in [-0.1, -0.05) is 0 Å². The molecule has 0 aromatic heterocycles. The Morgan fingerprint density at radius 1 is 1.47 bits per heavy atom. The van der Waals surface area contributed by atoms with Crippen molar-refractivity contribution in [3.05, 3.63) is 0 Å². The van der Waals surface area contributed by atoms with E-state index in [0.717, 1.165) is 19.3 Å². The van der Waals surface area contributed by atoms with Crippen molar-refractivity contribution in [1.29, 1.82) is 5.26 Å². The quantitative estimate of drug-likeness (QED) is 0.694. The minimum atomic E-state index is -0.268. The third-order valence-corrected chi connectivity index (χ3v) is 3.46. The number of piperidine rings is 1. The molecule has 2 fully saturated rings. The number of hydrogen-bond donors (Lipinski definition) is 0. The Morgan fingerprint density at radius 3 is 2.94 bits per heavy atom. The van der Waals surface area contributed by atoms with Crippen molar-refractivity contribution in [3.63, 3.8) is 0 Å². The SMILES string of the molecule is CC(C#N)CN1CC(=O)N2CCCCC2C1=O. The Kier molecular flexibility index (Phi) is 3.32. The van der Waals surface area contributed by atoms with Crippen molar-refractivity contribution < 1.29 is 9.59 Å². The lowest BCUT2D eigenvalue weighted by Gasteiger charge is -2.43. The summed E-state index contributed by atoms with van der Waals surface area (Å²) in [4.78, 5) is 27.3. The molecule has 5 heteroatoms. The Morgan fingerprint density at radius 2 is 2.24 bits per heavy atom. The number of fused-ring (bicyclic) bond motifs is 1. The van der Waals surface area contributed by atoms with Gasteiger partial charge in [-0.3, -0.25) is 9.59 Å². The molecular weight excluding hydrogens is 218 g/mol. The Balaban J connectivity index is 2.09. The summed E-state index contributed by atoms with van der Waals surface area (Å²) in [5.74, 6) is -0.173. The molecule has 2 saturated heterocycles. The average molecular weight is 235 g/mol. The molecule has 2 atom stereocenters. The molecule has 2 unspecified atom stereocenters. The van der Waals surface area contributed by atoms with E-state index in [-0.39, 0.29) is 30.3 Å². The van der Waals surface area contributed by atoms with E-state index in [1.165, 1.54) is 0 Å². The normalized spacial score (nSPS) is 26.5. The standard InChI is InChI=1S/C12H17N3O2/c1-9(6-13)7-14-8-11(16)15-5-3-2-4-10(15)12(14)17/h9-10H,2-5,7-8H2,1H3. The molecule has 2 aliphatic heterocycles. The van der Waals surface area contributed by atoms with E-state index in [1.807, 2.05) is 0 Å². The van der Waals surface area contributed by atoms with Crippen molar-refractivity contribution in [2.24, 2.45) is 5.92 Å². The molecule has 0 aromatic carbocycles. The first kappa shape index (κ1) is 11.9. The predicted molar refractivity (Wildman–Crippen MR) is 60.7 cm³/mol. The van der Waals surface area contributed by atoms with Crippen LogP contribution in [0.5, 0.6) is 0 Å². The number of rotatable bonds is 2. The van der Waals surface area contributed by atoms with E-state index in [1.54, 1.807) is 16.7 Å². The minimum Gasteiger partial charge on any atom is -0.330 e. The van der Waals surface area contributed by atoms with Gasteiger partial charge < -0.3 is 9.80 Å². The first-order valence-corrected chi connectivity index (χ1v) is 6.11. The van der Waals surface area contributed by atoms with Crippen LogP contribution in [0.2, 0.25) is 0 Å². The lowest BCUT2D eigenvalue weighted by Crippen LogP contribution is -2.61. The van der Waals surface area contributed by atoms with E-state index >= 15 is 0 Å².